The number of nitriles is 1. The van der Waals surface area contributed by atoms with Gasteiger partial charge in [0.25, 0.3) is 0 Å². The SMILES string of the molecule is N#CCc1nc(-c2ccc(F)c(Br)c2)cs1. The molecule has 0 aliphatic heterocycles. The predicted octanol–water partition coefficient (Wildman–Crippen LogP) is 3.78. The summed E-state index contributed by atoms with van der Waals surface area (Å²) in [6.07, 6.45) is 0.313. The molecule has 2 rings (SSSR count). The normalized spacial score (nSPS) is 10.1. The van der Waals surface area contributed by atoms with E-state index in [1.165, 1.54) is 17.4 Å². The van der Waals surface area contributed by atoms with Crippen LogP contribution in [0, 0.1) is 17.1 Å². The molecule has 16 heavy (non-hydrogen) atoms. The molecule has 0 saturated carbocycles. The van der Waals surface area contributed by atoms with Crippen LogP contribution in [0.25, 0.3) is 11.3 Å². The number of halogens is 2. The average molecular weight is 297 g/mol. The molecule has 0 bridgehead atoms. The van der Waals surface area contributed by atoms with Gasteiger partial charge in [-0.3, -0.25) is 0 Å². The predicted molar refractivity (Wildman–Crippen MR) is 64.5 cm³/mol. The van der Waals surface area contributed by atoms with Gasteiger partial charge in [-0.2, -0.15) is 5.26 Å². The Kier molecular flexibility index (Phi) is 3.32. The second-order valence-corrected chi connectivity index (χ2v) is 4.89. The Hall–Kier alpha value is -1.25. The van der Waals surface area contributed by atoms with Crippen molar-refractivity contribution < 1.29 is 4.39 Å². The first-order valence-corrected chi connectivity index (χ1v) is 6.15. The summed E-state index contributed by atoms with van der Waals surface area (Å²) in [4.78, 5) is 4.29. The molecule has 0 spiro atoms. The Morgan fingerprint density at radius 1 is 1.50 bits per heavy atom. The lowest BCUT2D eigenvalue weighted by molar-refractivity contribution is 0.621. The minimum absolute atomic E-state index is 0.295. The first-order chi connectivity index (χ1) is 7.70. The molecule has 1 heterocycles. The topological polar surface area (TPSA) is 36.7 Å². The van der Waals surface area contributed by atoms with Gasteiger partial charge in [-0.25, -0.2) is 9.37 Å². The van der Waals surface area contributed by atoms with E-state index in [9.17, 15) is 4.39 Å². The highest BCUT2D eigenvalue weighted by Crippen LogP contribution is 2.26. The van der Waals surface area contributed by atoms with Crippen LogP contribution in [-0.4, -0.2) is 4.98 Å². The highest BCUT2D eigenvalue weighted by molar-refractivity contribution is 9.10. The molecule has 0 radical (unpaired) electrons. The van der Waals surface area contributed by atoms with Gasteiger partial charge >= 0.3 is 0 Å². The second-order valence-electron chi connectivity index (χ2n) is 3.09. The molecule has 1 aromatic carbocycles. The maximum atomic E-state index is 13.0. The summed E-state index contributed by atoms with van der Waals surface area (Å²) >= 11 is 4.57. The molecule has 0 aliphatic rings. The van der Waals surface area contributed by atoms with Crippen LogP contribution < -0.4 is 0 Å². The third kappa shape index (κ3) is 2.29. The maximum Gasteiger partial charge on any atom is 0.137 e. The van der Waals surface area contributed by atoms with Gasteiger partial charge in [0.05, 0.1) is 22.7 Å². The molecule has 5 heteroatoms. The van der Waals surface area contributed by atoms with Crippen molar-refractivity contribution >= 4 is 27.3 Å². The van der Waals surface area contributed by atoms with E-state index in [4.69, 9.17) is 5.26 Å². The third-order valence-electron chi connectivity index (χ3n) is 2.00. The van der Waals surface area contributed by atoms with Crippen LogP contribution in [0.1, 0.15) is 5.01 Å². The molecule has 2 aromatic rings. The van der Waals surface area contributed by atoms with Crippen LogP contribution >= 0.6 is 27.3 Å². The van der Waals surface area contributed by atoms with E-state index >= 15 is 0 Å². The van der Waals surface area contributed by atoms with Gasteiger partial charge in [-0.05, 0) is 34.1 Å². The van der Waals surface area contributed by atoms with E-state index in [0.717, 1.165) is 16.3 Å². The van der Waals surface area contributed by atoms with Crippen molar-refractivity contribution in [3.05, 3.63) is 38.9 Å². The summed E-state index contributed by atoms with van der Waals surface area (Å²) in [7, 11) is 0. The number of nitrogens with zero attached hydrogens (tertiary/aromatic N) is 2. The summed E-state index contributed by atoms with van der Waals surface area (Å²) in [6, 6.07) is 6.79. The molecule has 0 unspecified atom stereocenters. The number of thiazole rings is 1. The van der Waals surface area contributed by atoms with Crippen molar-refractivity contribution in [2.24, 2.45) is 0 Å². The molecule has 0 saturated heterocycles. The third-order valence-corrected chi connectivity index (χ3v) is 3.45. The fraction of sp³-hybridized carbons (Fsp3) is 0.0909. The van der Waals surface area contributed by atoms with E-state index in [2.05, 4.69) is 20.9 Å². The van der Waals surface area contributed by atoms with E-state index in [-0.39, 0.29) is 5.82 Å². The molecule has 0 aliphatic carbocycles. The number of hydrogen-bond donors (Lipinski definition) is 0. The standard InChI is InChI=1S/C11H6BrFN2S/c12-8-5-7(1-2-9(8)13)10-6-16-11(15-10)3-4-14/h1-2,5-6H,3H2. The van der Waals surface area contributed by atoms with Gasteiger partial charge in [0, 0.05) is 10.9 Å². The zero-order valence-electron chi connectivity index (χ0n) is 8.08. The smallest absolute Gasteiger partial charge is 0.137 e. The van der Waals surface area contributed by atoms with Crippen molar-refractivity contribution in [3.8, 4) is 17.3 Å². The van der Waals surface area contributed by atoms with Crippen LogP contribution in [0.5, 0.6) is 0 Å². The number of aromatic nitrogens is 1. The van der Waals surface area contributed by atoms with E-state index in [1.807, 2.05) is 11.4 Å². The largest absolute Gasteiger partial charge is 0.240 e. The molecular weight excluding hydrogens is 291 g/mol. The lowest BCUT2D eigenvalue weighted by Crippen LogP contribution is -1.83. The molecule has 2 nitrogen and oxygen atoms in total. The summed E-state index contributed by atoms with van der Waals surface area (Å²) in [6.45, 7) is 0. The van der Waals surface area contributed by atoms with Crippen LogP contribution in [0.15, 0.2) is 28.1 Å². The molecule has 0 N–H and O–H groups in total. The second kappa shape index (κ2) is 4.73. The molecule has 0 atom stereocenters. The van der Waals surface area contributed by atoms with Crippen molar-refractivity contribution in [1.29, 1.82) is 5.26 Å². The van der Waals surface area contributed by atoms with Crippen LogP contribution in [0.3, 0.4) is 0 Å². The Balaban J connectivity index is 2.36. The average Bonchev–Trinajstić information content (AvgIpc) is 2.71. The monoisotopic (exact) mass is 296 g/mol. The molecule has 80 valence electrons. The van der Waals surface area contributed by atoms with Crippen LogP contribution in [-0.2, 0) is 6.42 Å². The quantitative estimate of drug-likeness (QED) is 0.846. The molecule has 1 aromatic heterocycles. The van der Waals surface area contributed by atoms with Crippen molar-refractivity contribution in [2.45, 2.75) is 6.42 Å². The van der Waals surface area contributed by atoms with E-state index < -0.39 is 0 Å². The minimum atomic E-state index is -0.295. The van der Waals surface area contributed by atoms with Crippen LogP contribution in [0.4, 0.5) is 4.39 Å². The zero-order valence-corrected chi connectivity index (χ0v) is 10.5. The summed E-state index contributed by atoms with van der Waals surface area (Å²) in [5, 5.41) is 11.2. The van der Waals surface area contributed by atoms with Gasteiger partial charge in [-0.15, -0.1) is 11.3 Å². The fourth-order valence-electron chi connectivity index (χ4n) is 1.25. The first kappa shape index (κ1) is 11.2. The Morgan fingerprint density at radius 2 is 2.31 bits per heavy atom. The number of hydrogen-bond acceptors (Lipinski definition) is 3. The van der Waals surface area contributed by atoms with Crippen molar-refractivity contribution in [1.82, 2.24) is 4.98 Å². The van der Waals surface area contributed by atoms with Crippen LogP contribution in [0.2, 0.25) is 0 Å². The van der Waals surface area contributed by atoms with E-state index in [0.29, 0.717) is 10.9 Å². The Morgan fingerprint density at radius 3 is 3.00 bits per heavy atom. The zero-order chi connectivity index (χ0) is 11.5. The lowest BCUT2D eigenvalue weighted by atomic mass is 10.2. The summed E-state index contributed by atoms with van der Waals surface area (Å²) in [5.41, 5.74) is 1.62. The van der Waals surface area contributed by atoms with Gasteiger partial charge in [0.2, 0.25) is 0 Å². The number of benzene rings is 1. The summed E-state index contributed by atoms with van der Waals surface area (Å²) < 4.78 is 13.4. The molecule has 0 amide bonds. The fourth-order valence-corrected chi connectivity index (χ4v) is 2.36. The Bertz CT molecular complexity index is 559. The lowest BCUT2D eigenvalue weighted by Gasteiger charge is -1.98. The van der Waals surface area contributed by atoms with Gasteiger partial charge in [0.15, 0.2) is 0 Å². The van der Waals surface area contributed by atoms with Gasteiger partial charge < -0.3 is 0 Å². The van der Waals surface area contributed by atoms with E-state index in [1.54, 1.807) is 12.1 Å². The Labute approximate surface area is 105 Å². The number of rotatable bonds is 2. The minimum Gasteiger partial charge on any atom is -0.240 e. The van der Waals surface area contributed by atoms with Crippen molar-refractivity contribution in [2.75, 3.05) is 0 Å². The van der Waals surface area contributed by atoms with Crippen molar-refractivity contribution in [3.63, 3.8) is 0 Å². The molecular formula is C11H6BrFN2S. The highest BCUT2D eigenvalue weighted by Gasteiger charge is 2.06. The van der Waals surface area contributed by atoms with Gasteiger partial charge in [0.1, 0.15) is 10.8 Å². The van der Waals surface area contributed by atoms with Gasteiger partial charge in [-0.1, -0.05) is 0 Å². The maximum absolute atomic E-state index is 13.0. The molecule has 0 fully saturated rings. The summed E-state index contributed by atoms with van der Waals surface area (Å²) in [5.74, 6) is -0.295. The highest BCUT2D eigenvalue weighted by atomic mass is 79.9. The first-order valence-electron chi connectivity index (χ1n) is 4.47.